The number of hydrogen-bond acceptors (Lipinski definition) is 3. The summed E-state index contributed by atoms with van der Waals surface area (Å²) in [6, 6.07) is 10.4. The fraction of sp³-hybridized carbons (Fsp3) is 0.368. The molecule has 0 spiro atoms. The van der Waals surface area contributed by atoms with Crippen LogP contribution in [0.2, 0.25) is 0 Å². The molecular formula is C19H22FN3O. The van der Waals surface area contributed by atoms with Gasteiger partial charge in [0.1, 0.15) is 11.6 Å². The van der Waals surface area contributed by atoms with Gasteiger partial charge in [0, 0.05) is 19.5 Å². The standard InChI is InChI=1S/C19H22FN3O/c20-17-7-3-2-6-15(17)8-11-19(24)22-16-9-10-18(21-14-16)23-12-4-1-5-13-23/h2-3,6-7,9-10,14H,1,4-5,8,11-13H2,(H,22,24). The van der Waals surface area contributed by atoms with Crippen molar-refractivity contribution in [2.24, 2.45) is 0 Å². The van der Waals surface area contributed by atoms with Crippen molar-refractivity contribution in [2.75, 3.05) is 23.3 Å². The van der Waals surface area contributed by atoms with Crippen LogP contribution in [0, 0.1) is 5.82 Å². The van der Waals surface area contributed by atoms with Gasteiger partial charge < -0.3 is 10.2 Å². The number of pyridine rings is 1. The van der Waals surface area contributed by atoms with E-state index in [9.17, 15) is 9.18 Å². The Morgan fingerprint density at radius 2 is 1.92 bits per heavy atom. The number of aryl methyl sites for hydroxylation is 1. The predicted octanol–water partition coefficient (Wildman–Crippen LogP) is 3.78. The van der Waals surface area contributed by atoms with Crippen molar-refractivity contribution < 1.29 is 9.18 Å². The van der Waals surface area contributed by atoms with Gasteiger partial charge in [-0.05, 0) is 49.4 Å². The molecule has 1 aromatic heterocycles. The molecule has 24 heavy (non-hydrogen) atoms. The van der Waals surface area contributed by atoms with E-state index in [2.05, 4.69) is 15.2 Å². The molecule has 0 unspecified atom stereocenters. The second-order valence-corrected chi connectivity index (χ2v) is 6.09. The number of nitrogens with one attached hydrogen (secondary N) is 1. The van der Waals surface area contributed by atoms with E-state index in [1.165, 1.54) is 25.3 Å². The molecule has 5 heteroatoms. The van der Waals surface area contributed by atoms with Crippen LogP contribution in [0.25, 0.3) is 0 Å². The van der Waals surface area contributed by atoms with Crippen molar-refractivity contribution in [3.05, 3.63) is 54.0 Å². The van der Waals surface area contributed by atoms with Crippen LogP contribution in [0.4, 0.5) is 15.9 Å². The van der Waals surface area contributed by atoms with Crippen LogP contribution < -0.4 is 10.2 Å². The summed E-state index contributed by atoms with van der Waals surface area (Å²) in [5.74, 6) is 0.558. The van der Waals surface area contributed by atoms with Gasteiger partial charge in [0.25, 0.3) is 0 Å². The summed E-state index contributed by atoms with van der Waals surface area (Å²) in [5, 5.41) is 2.82. The lowest BCUT2D eigenvalue weighted by molar-refractivity contribution is -0.116. The number of nitrogens with zero attached hydrogens (tertiary/aromatic N) is 2. The Bertz CT molecular complexity index is 681. The highest BCUT2D eigenvalue weighted by molar-refractivity contribution is 5.90. The van der Waals surface area contributed by atoms with Crippen LogP contribution in [0.1, 0.15) is 31.2 Å². The molecule has 1 aromatic carbocycles. The predicted molar refractivity (Wildman–Crippen MR) is 93.7 cm³/mol. The Balaban J connectivity index is 1.52. The summed E-state index contributed by atoms with van der Waals surface area (Å²) in [7, 11) is 0. The summed E-state index contributed by atoms with van der Waals surface area (Å²) >= 11 is 0. The van der Waals surface area contributed by atoms with Gasteiger partial charge >= 0.3 is 0 Å². The summed E-state index contributed by atoms with van der Waals surface area (Å²) < 4.78 is 13.5. The lowest BCUT2D eigenvalue weighted by atomic mass is 10.1. The number of piperidine rings is 1. The first kappa shape index (κ1) is 16.4. The van der Waals surface area contributed by atoms with Gasteiger partial charge in [-0.2, -0.15) is 0 Å². The van der Waals surface area contributed by atoms with E-state index < -0.39 is 0 Å². The van der Waals surface area contributed by atoms with Crippen molar-refractivity contribution in [1.82, 2.24) is 4.98 Å². The van der Waals surface area contributed by atoms with Gasteiger partial charge in [-0.15, -0.1) is 0 Å². The molecule has 126 valence electrons. The summed E-state index contributed by atoms with van der Waals surface area (Å²) in [6.07, 6.45) is 6.01. The Morgan fingerprint density at radius 3 is 2.62 bits per heavy atom. The van der Waals surface area contributed by atoms with E-state index in [4.69, 9.17) is 0 Å². The molecule has 2 heterocycles. The van der Waals surface area contributed by atoms with Crippen LogP contribution in [-0.2, 0) is 11.2 Å². The minimum Gasteiger partial charge on any atom is -0.357 e. The fourth-order valence-electron chi connectivity index (χ4n) is 2.94. The van der Waals surface area contributed by atoms with Crippen LogP contribution >= 0.6 is 0 Å². The number of hydrogen-bond donors (Lipinski definition) is 1. The first-order valence-corrected chi connectivity index (χ1v) is 8.46. The van der Waals surface area contributed by atoms with Crippen LogP contribution in [0.5, 0.6) is 0 Å². The largest absolute Gasteiger partial charge is 0.357 e. The normalized spacial score (nSPS) is 14.5. The molecule has 0 atom stereocenters. The molecule has 1 fully saturated rings. The number of carbonyl (C=O) groups is 1. The minimum atomic E-state index is -0.266. The number of amides is 1. The maximum Gasteiger partial charge on any atom is 0.224 e. The molecule has 0 bridgehead atoms. The number of carbonyl (C=O) groups excluding carboxylic acids is 1. The van der Waals surface area contributed by atoms with Crippen LogP contribution in [0.3, 0.4) is 0 Å². The van der Waals surface area contributed by atoms with E-state index >= 15 is 0 Å². The average molecular weight is 327 g/mol. The highest BCUT2D eigenvalue weighted by Gasteiger charge is 2.12. The maximum absolute atomic E-state index is 13.5. The van der Waals surface area contributed by atoms with Gasteiger partial charge in [0.15, 0.2) is 0 Å². The van der Waals surface area contributed by atoms with E-state index in [0.717, 1.165) is 18.9 Å². The maximum atomic E-state index is 13.5. The van der Waals surface area contributed by atoms with Crippen molar-refractivity contribution in [3.63, 3.8) is 0 Å². The zero-order valence-corrected chi connectivity index (χ0v) is 13.7. The third-order valence-electron chi connectivity index (χ3n) is 4.29. The Labute approximate surface area is 141 Å². The zero-order chi connectivity index (χ0) is 16.8. The molecule has 1 amide bonds. The lowest BCUT2D eigenvalue weighted by Gasteiger charge is -2.27. The number of rotatable bonds is 5. The fourth-order valence-corrected chi connectivity index (χ4v) is 2.94. The highest BCUT2D eigenvalue weighted by Crippen LogP contribution is 2.19. The van der Waals surface area contributed by atoms with Crippen LogP contribution in [0.15, 0.2) is 42.6 Å². The molecule has 1 N–H and O–H groups in total. The average Bonchev–Trinajstić information content (AvgIpc) is 2.62. The first-order chi connectivity index (χ1) is 11.7. The molecule has 3 rings (SSSR count). The molecule has 4 nitrogen and oxygen atoms in total. The second-order valence-electron chi connectivity index (χ2n) is 6.09. The third-order valence-corrected chi connectivity index (χ3v) is 4.29. The summed E-state index contributed by atoms with van der Waals surface area (Å²) in [6.45, 7) is 2.09. The first-order valence-electron chi connectivity index (χ1n) is 8.46. The van der Waals surface area contributed by atoms with Crippen LogP contribution in [-0.4, -0.2) is 24.0 Å². The van der Waals surface area contributed by atoms with E-state index in [1.807, 2.05) is 12.1 Å². The second kappa shape index (κ2) is 7.90. The van der Waals surface area contributed by atoms with E-state index in [1.54, 1.807) is 24.4 Å². The number of aromatic nitrogens is 1. The van der Waals surface area contributed by atoms with Crippen molar-refractivity contribution in [2.45, 2.75) is 32.1 Å². The minimum absolute atomic E-state index is 0.134. The molecule has 1 aliphatic rings. The lowest BCUT2D eigenvalue weighted by Crippen LogP contribution is -2.30. The molecule has 1 saturated heterocycles. The molecule has 1 aliphatic heterocycles. The zero-order valence-electron chi connectivity index (χ0n) is 13.7. The van der Waals surface area contributed by atoms with Gasteiger partial charge in [0.2, 0.25) is 5.91 Å². The number of halogens is 1. The van der Waals surface area contributed by atoms with E-state index in [-0.39, 0.29) is 18.1 Å². The quantitative estimate of drug-likeness (QED) is 0.909. The third kappa shape index (κ3) is 4.31. The molecule has 0 aliphatic carbocycles. The van der Waals surface area contributed by atoms with Crippen molar-refractivity contribution in [3.8, 4) is 0 Å². The smallest absolute Gasteiger partial charge is 0.224 e. The number of benzene rings is 1. The van der Waals surface area contributed by atoms with Gasteiger partial charge in [0.05, 0.1) is 11.9 Å². The number of anilines is 2. The molecular weight excluding hydrogens is 305 g/mol. The Kier molecular flexibility index (Phi) is 5.41. The van der Waals surface area contributed by atoms with Gasteiger partial charge in [-0.1, -0.05) is 18.2 Å². The SMILES string of the molecule is O=C(CCc1ccccc1F)Nc1ccc(N2CCCCC2)nc1. The van der Waals surface area contributed by atoms with Crippen molar-refractivity contribution >= 4 is 17.4 Å². The molecule has 0 radical (unpaired) electrons. The van der Waals surface area contributed by atoms with E-state index in [0.29, 0.717) is 17.7 Å². The van der Waals surface area contributed by atoms with Gasteiger partial charge in [-0.3, -0.25) is 4.79 Å². The Morgan fingerprint density at radius 1 is 1.12 bits per heavy atom. The van der Waals surface area contributed by atoms with Gasteiger partial charge in [-0.25, -0.2) is 9.37 Å². The van der Waals surface area contributed by atoms with Crippen molar-refractivity contribution in [1.29, 1.82) is 0 Å². The highest BCUT2D eigenvalue weighted by atomic mass is 19.1. The summed E-state index contributed by atoms with van der Waals surface area (Å²) in [4.78, 5) is 18.7. The monoisotopic (exact) mass is 327 g/mol. The Hall–Kier alpha value is -2.43. The molecule has 2 aromatic rings. The molecule has 0 saturated carbocycles. The topological polar surface area (TPSA) is 45.2 Å². The summed E-state index contributed by atoms with van der Waals surface area (Å²) in [5.41, 5.74) is 1.24.